The Kier molecular flexibility index (Phi) is 5.48. The van der Waals surface area contributed by atoms with E-state index in [0.29, 0.717) is 13.0 Å². The van der Waals surface area contributed by atoms with Crippen molar-refractivity contribution in [3.63, 3.8) is 0 Å². The first-order valence-corrected chi connectivity index (χ1v) is 10.0. The smallest absolute Gasteiger partial charge is 0.226 e. The van der Waals surface area contributed by atoms with Crippen LogP contribution >= 0.6 is 11.3 Å². The van der Waals surface area contributed by atoms with Gasteiger partial charge >= 0.3 is 0 Å². The van der Waals surface area contributed by atoms with Crippen molar-refractivity contribution in [2.45, 2.75) is 13.0 Å². The molecule has 0 atom stereocenters. The molecule has 2 aromatic heterocycles. The molecule has 29 heavy (non-hydrogen) atoms. The van der Waals surface area contributed by atoms with Crippen molar-refractivity contribution < 1.29 is 14.3 Å². The van der Waals surface area contributed by atoms with Crippen LogP contribution in [0.1, 0.15) is 11.3 Å². The van der Waals surface area contributed by atoms with Gasteiger partial charge in [0.05, 0.1) is 26.3 Å². The van der Waals surface area contributed by atoms with Gasteiger partial charge in [-0.2, -0.15) is 0 Å². The molecule has 0 unspecified atom stereocenters. The van der Waals surface area contributed by atoms with Crippen LogP contribution in [0.25, 0.3) is 16.2 Å². The second kappa shape index (κ2) is 8.36. The van der Waals surface area contributed by atoms with Gasteiger partial charge in [0.25, 0.3) is 0 Å². The Morgan fingerprint density at radius 2 is 1.90 bits per heavy atom. The van der Waals surface area contributed by atoms with Crippen molar-refractivity contribution in [3.8, 4) is 22.8 Å². The third kappa shape index (κ3) is 4.25. The molecule has 2 aromatic carbocycles. The molecule has 1 N–H and O–H groups in total. The molecule has 1 amide bonds. The van der Waals surface area contributed by atoms with Gasteiger partial charge in [-0.25, -0.2) is 4.98 Å². The maximum absolute atomic E-state index is 12.4. The Hall–Kier alpha value is -3.32. The Morgan fingerprint density at radius 3 is 2.66 bits per heavy atom. The Balaban J connectivity index is 1.44. The van der Waals surface area contributed by atoms with E-state index in [0.717, 1.165) is 39.0 Å². The molecule has 0 bridgehead atoms. The predicted molar refractivity (Wildman–Crippen MR) is 114 cm³/mol. The molecule has 0 fully saturated rings. The summed E-state index contributed by atoms with van der Waals surface area (Å²) in [7, 11) is 3.28. The van der Waals surface area contributed by atoms with Crippen molar-refractivity contribution >= 4 is 22.2 Å². The van der Waals surface area contributed by atoms with Crippen molar-refractivity contribution in [2.24, 2.45) is 0 Å². The SMILES string of the molecule is COc1ccc(CNC(=O)Cc2csc3nc(-c4cccc(OC)c4)cn23)cc1. The molecule has 0 saturated heterocycles. The van der Waals surface area contributed by atoms with E-state index in [1.165, 1.54) is 11.3 Å². The van der Waals surface area contributed by atoms with Crippen LogP contribution in [0.15, 0.2) is 60.1 Å². The first kappa shape index (κ1) is 19.0. The Labute approximate surface area is 172 Å². The Morgan fingerprint density at radius 1 is 1.10 bits per heavy atom. The van der Waals surface area contributed by atoms with E-state index in [9.17, 15) is 4.79 Å². The summed E-state index contributed by atoms with van der Waals surface area (Å²) in [5.74, 6) is 1.56. The minimum absolute atomic E-state index is 0.0304. The van der Waals surface area contributed by atoms with Crippen molar-refractivity contribution in [1.29, 1.82) is 0 Å². The van der Waals surface area contributed by atoms with Crippen LogP contribution in [0.2, 0.25) is 0 Å². The minimum atomic E-state index is -0.0304. The summed E-state index contributed by atoms with van der Waals surface area (Å²) >= 11 is 1.53. The predicted octanol–water partition coefficient (Wildman–Crippen LogP) is 3.94. The van der Waals surface area contributed by atoms with Crippen LogP contribution < -0.4 is 14.8 Å². The molecule has 0 aliphatic heterocycles. The average Bonchev–Trinajstić information content (AvgIpc) is 3.35. The fourth-order valence-corrected chi connectivity index (χ4v) is 3.92. The standard InChI is InChI=1S/C22H21N3O3S/c1-27-18-8-6-15(7-9-18)12-23-21(26)11-17-14-29-22-24-20(13-25(17)22)16-4-3-5-19(10-16)28-2/h3-10,13-14H,11-12H2,1-2H3,(H,23,26). The summed E-state index contributed by atoms with van der Waals surface area (Å²) in [6.45, 7) is 0.481. The van der Waals surface area contributed by atoms with E-state index in [1.54, 1.807) is 14.2 Å². The highest BCUT2D eigenvalue weighted by atomic mass is 32.1. The first-order chi connectivity index (χ1) is 14.2. The highest BCUT2D eigenvalue weighted by molar-refractivity contribution is 7.15. The lowest BCUT2D eigenvalue weighted by Crippen LogP contribution is -2.24. The molecule has 4 rings (SSSR count). The van der Waals surface area contributed by atoms with E-state index < -0.39 is 0 Å². The lowest BCUT2D eigenvalue weighted by molar-refractivity contribution is -0.120. The van der Waals surface area contributed by atoms with E-state index in [1.807, 2.05) is 64.5 Å². The first-order valence-electron chi connectivity index (χ1n) is 9.16. The summed E-state index contributed by atoms with van der Waals surface area (Å²) in [4.78, 5) is 18.0. The van der Waals surface area contributed by atoms with Gasteiger partial charge in [-0.05, 0) is 29.8 Å². The number of nitrogens with zero attached hydrogens (tertiary/aromatic N) is 2. The van der Waals surface area contributed by atoms with Crippen LogP contribution in [0.4, 0.5) is 0 Å². The molecular weight excluding hydrogens is 386 g/mol. The summed E-state index contributed by atoms with van der Waals surface area (Å²) < 4.78 is 12.4. The van der Waals surface area contributed by atoms with E-state index in [2.05, 4.69) is 10.3 Å². The molecule has 0 spiro atoms. The molecule has 0 radical (unpaired) electrons. The zero-order valence-electron chi connectivity index (χ0n) is 16.2. The number of thiazole rings is 1. The molecular formula is C22H21N3O3S. The van der Waals surface area contributed by atoms with Gasteiger partial charge in [0.2, 0.25) is 5.91 Å². The third-order valence-corrected chi connectivity index (χ3v) is 5.53. The van der Waals surface area contributed by atoms with Gasteiger partial charge in [0.15, 0.2) is 4.96 Å². The number of carbonyl (C=O) groups is 1. The molecule has 7 heteroatoms. The summed E-state index contributed by atoms with van der Waals surface area (Å²) in [6.07, 6.45) is 2.26. The molecule has 0 saturated carbocycles. The number of fused-ring (bicyclic) bond motifs is 1. The highest BCUT2D eigenvalue weighted by Gasteiger charge is 2.13. The highest BCUT2D eigenvalue weighted by Crippen LogP contribution is 2.26. The lowest BCUT2D eigenvalue weighted by atomic mass is 10.1. The van der Waals surface area contributed by atoms with Gasteiger partial charge in [-0.15, -0.1) is 11.3 Å². The quantitative estimate of drug-likeness (QED) is 0.504. The second-order valence-electron chi connectivity index (χ2n) is 6.54. The number of hydrogen-bond acceptors (Lipinski definition) is 5. The lowest BCUT2D eigenvalue weighted by Gasteiger charge is -2.06. The zero-order valence-corrected chi connectivity index (χ0v) is 17.0. The number of amides is 1. The molecule has 6 nitrogen and oxygen atoms in total. The zero-order chi connectivity index (χ0) is 20.2. The second-order valence-corrected chi connectivity index (χ2v) is 7.38. The number of ether oxygens (including phenoxy) is 2. The van der Waals surface area contributed by atoms with Crippen LogP contribution in [-0.2, 0) is 17.8 Å². The minimum Gasteiger partial charge on any atom is -0.497 e. The summed E-state index contributed by atoms with van der Waals surface area (Å²) in [6, 6.07) is 15.4. The normalized spacial score (nSPS) is 10.8. The largest absolute Gasteiger partial charge is 0.497 e. The van der Waals surface area contributed by atoms with Crippen LogP contribution in [0.3, 0.4) is 0 Å². The maximum Gasteiger partial charge on any atom is 0.226 e. The van der Waals surface area contributed by atoms with E-state index >= 15 is 0 Å². The fourth-order valence-electron chi connectivity index (χ4n) is 3.05. The van der Waals surface area contributed by atoms with Gasteiger partial charge < -0.3 is 14.8 Å². The maximum atomic E-state index is 12.4. The van der Waals surface area contributed by atoms with E-state index in [-0.39, 0.29) is 5.91 Å². The average molecular weight is 407 g/mol. The number of aromatic nitrogens is 2. The summed E-state index contributed by atoms with van der Waals surface area (Å²) in [5, 5.41) is 4.94. The van der Waals surface area contributed by atoms with Crippen LogP contribution in [0.5, 0.6) is 11.5 Å². The number of carbonyl (C=O) groups excluding carboxylic acids is 1. The van der Waals surface area contributed by atoms with E-state index in [4.69, 9.17) is 9.47 Å². The van der Waals surface area contributed by atoms with Gasteiger partial charge in [-0.3, -0.25) is 9.20 Å². The monoisotopic (exact) mass is 407 g/mol. The Bertz CT molecular complexity index is 1130. The number of rotatable bonds is 7. The topological polar surface area (TPSA) is 64.9 Å². The molecule has 4 aromatic rings. The number of benzene rings is 2. The number of nitrogens with one attached hydrogen (secondary N) is 1. The summed E-state index contributed by atoms with van der Waals surface area (Å²) in [5.41, 5.74) is 3.78. The molecule has 0 aliphatic rings. The van der Waals surface area contributed by atoms with Crippen molar-refractivity contribution in [2.75, 3.05) is 14.2 Å². The van der Waals surface area contributed by atoms with Gasteiger partial charge in [0.1, 0.15) is 11.5 Å². The molecule has 148 valence electrons. The third-order valence-electron chi connectivity index (χ3n) is 4.64. The number of imidazole rings is 1. The fraction of sp³-hybridized carbons (Fsp3) is 0.182. The number of hydrogen-bond donors (Lipinski definition) is 1. The van der Waals surface area contributed by atoms with Crippen molar-refractivity contribution in [3.05, 3.63) is 71.4 Å². The number of methoxy groups -OCH3 is 2. The van der Waals surface area contributed by atoms with Crippen molar-refractivity contribution in [1.82, 2.24) is 14.7 Å². The van der Waals surface area contributed by atoms with Gasteiger partial charge in [0, 0.05) is 29.4 Å². The van der Waals surface area contributed by atoms with Crippen LogP contribution in [0, 0.1) is 0 Å². The molecule has 2 heterocycles. The molecule has 0 aliphatic carbocycles. The van der Waals surface area contributed by atoms with Crippen LogP contribution in [-0.4, -0.2) is 29.5 Å². The van der Waals surface area contributed by atoms with Gasteiger partial charge in [-0.1, -0.05) is 24.3 Å².